The Bertz CT molecular complexity index is 645. The molecular weight excluding hydrogens is 322 g/mol. The van der Waals surface area contributed by atoms with Gasteiger partial charge in [0.15, 0.2) is 0 Å². The molecule has 0 spiro atoms. The van der Waals surface area contributed by atoms with E-state index in [9.17, 15) is 4.79 Å². The van der Waals surface area contributed by atoms with E-state index in [0.29, 0.717) is 0 Å². The zero-order chi connectivity index (χ0) is 14.1. The van der Waals surface area contributed by atoms with E-state index in [0.717, 1.165) is 47.7 Å². The second-order valence-corrected chi connectivity index (χ2v) is 6.05. The Balaban J connectivity index is 1.82. The number of hydrogen-bond donors (Lipinski definition) is 2. The van der Waals surface area contributed by atoms with Gasteiger partial charge in [-0.2, -0.15) is 5.10 Å². The molecule has 1 unspecified atom stereocenters. The Morgan fingerprint density at radius 2 is 2.30 bits per heavy atom. The van der Waals surface area contributed by atoms with E-state index in [1.165, 1.54) is 0 Å². The highest BCUT2D eigenvalue weighted by molar-refractivity contribution is 9.10. The predicted molar refractivity (Wildman–Crippen MR) is 80.1 cm³/mol. The molecular formula is C13H16BrN5O. The van der Waals surface area contributed by atoms with Crippen molar-refractivity contribution in [3.63, 3.8) is 0 Å². The molecule has 1 aliphatic heterocycles. The number of hydrogen-bond acceptors (Lipinski definition) is 4. The van der Waals surface area contributed by atoms with Gasteiger partial charge < -0.3 is 4.90 Å². The topological polar surface area (TPSA) is 77.7 Å². The standard InChI is InChI=1S/C13H16BrN5O/c1-8-5-10(14)6-11(15-8)19-4-2-3-9(7-19)12-16-13(20)18-17-12/h5-6,9H,2-4,7H2,1H3,(H2,16,17,18,20). The van der Waals surface area contributed by atoms with Crippen LogP contribution in [0, 0.1) is 6.92 Å². The molecule has 2 aromatic rings. The molecule has 2 aromatic heterocycles. The number of aryl methyl sites for hydroxylation is 1. The molecule has 1 aliphatic rings. The van der Waals surface area contributed by atoms with E-state index in [-0.39, 0.29) is 11.6 Å². The highest BCUT2D eigenvalue weighted by Crippen LogP contribution is 2.28. The first-order chi connectivity index (χ1) is 9.61. The third-order valence-electron chi connectivity index (χ3n) is 3.56. The van der Waals surface area contributed by atoms with Gasteiger partial charge in [-0.25, -0.2) is 14.9 Å². The summed E-state index contributed by atoms with van der Waals surface area (Å²) < 4.78 is 1.04. The van der Waals surface area contributed by atoms with Crippen LogP contribution in [0.25, 0.3) is 0 Å². The minimum atomic E-state index is -0.242. The maximum absolute atomic E-state index is 11.2. The molecule has 0 radical (unpaired) electrons. The third-order valence-corrected chi connectivity index (χ3v) is 4.01. The molecule has 0 aliphatic carbocycles. The van der Waals surface area contributed by atoms with Crippen molar-refractivity contribution in [1.82, 2.24) is 20.2 Å². The second-order valence-electron chi connectivity index (χ2n) is 5.13. The fraction of sp³-hybridized carbons (Fsp3) is 0.462. The Hall–Kier alpha value is -1.63. The highest BCUT2D eigenvalue weighted by Gasteiger charge is 2.24. The fourth-order valence-corrected chi connectivity index (χ4v) is 3.19. The van der Waals surface area contributed by atoms with Crippen LogP contribution in [0.3, 0.4) is 0 Å². The van der Waals surface area contributed by atoms with Crippen molar-refractivity contribution in [3.8, 4) is 0 Å². The summed E-state index contributed by atoms with van der Waals surface area (Å²) >= 11 is 3.51. The zero-order valence-corrected chi connectivity index (χ0v) is 12.8. The average Bonchev–Trinajstić information content (AvgIpc) is 2.85. The number of H-pyrrole nitrogens is 2. The van der Waals surface area contributed by atoms with Crippen LogP contribution < -0.4 is 10.6 Å². The number of pyridine rings is 1. The SMILES string of the molecule is Cc1cc(Br)cc(N2CCCC(c3n[nH]c(=O)[nH]3)C2)n1. The van der Waals surface area contributed by atoms with Crippen molar-refractivity contribution in [3.05, 3.63) is 38.6 Å². The summed E-state index contributed by atoms with van der Waals surface area (Å²) in [6.45, 7) is 3.79. The smallest absolute Gasteiger partial charge is 0.340 e. The summed E-state index contributed by atoms with van der Waals surface area (Å²) in [5.74, 6) is 1.95. The first kappa shape index (κ1) is 13.4. The van der Waals surface area contributed by atoms with Gasteiger partial charge in [0.2, 0.25) is 0 Å². The molecule has 7 heteroatoms. The lowest BCUT2D eigenvalue weighted by molar-refractivity contribution is 0.489. The molecule has 1 saturated heterocycles. The molecule has 3 rings (SSSR count). The van der Waals surface area contributed by atoms with Crippen molar-refractivity contribution in [1.29, 1.82) is 0 Å². The molecule has 3 heterocycles. The van der Waals surface area contributed by atoms with E-state index < -0.39 is 0 Å². The molecule has 0 amide bonds. The van der Waals surface area contributed by atoms with Crippen molar-refractivity contribution in [2.75, 3.05) is 18.0 Å². The van der Waals surface area contributed by atoms with E-state index in [2.05, 4.69) is 41.0 Å². The second kappa shape index (κ2) is 5.40. The molecule has 106 valence electrons. The number of halogens is 1. The Labute approximate surface area is 124 Å². The van der Waals surface area contributed by atoms with E-state index in [1.807, 2.05) is 19.1 Å². The molecule has 1 fully saturated rings. The molecule has 2 N–H and O–H groups in total. The van der Waals surface area contributed by atoms with Gasteiger partial charge in [-0.3, -0.25) is 4.98 Å². The summed E-state index contributed by atoms with van der Waals surface area (Å²) in [7, 11) is 0. The van der Waals surface area contributed by atoms with Gasteiger partial charge in [-0.1, -0.05) is 15.9 Å². The van der Waals surface area contributed by atoms with Gasteiger partial charge in [0, 0.05) is 29.2 Å². The predicted octanol–water partition coefficient (Wildman–Crippen LogP) is 1.95. The van der Waals surface area contributed by atoms with Crippen LogP contribution in [0.2, 0.25) is 0 Å². The van der Waals surface area contributed by atoms with Crippen molar-refractivity contribution in [2.24, 2.45) is 0 Å². The minimum Gasteiger partial charge on any atom is -0.356 e. The first-order valence-electron chi connectivity index (χ1n) is 6.65. The van der Waals surface area contributed by atoms with Gasteiger partial charge in [-0.05, 0) is 31.9 Å². The van der Waals surface area contributed by atoms with Crippen LogP contribution in [0.15, 0.2) is 21.4 Å². The molecule has 0 aromatic carbocycles. The summed E-state index contributed by atoms with van der Waals surface area (Å²) in [5.41, 5.74) is 0.748. The van der Waals surface area contributed by atoms with Crippen molar-refractivity contribution in [2.45, 2.75) is 25.7 Å². The number of piperidine rings is 1. The average molecular weight is 338 g/mol. The van der Waals surface area contributed by atoms with E-state index in [4.69, 9.17) is 0 Å². The number of nitrogens with one attached hydrogen (secondary N) is 2. The Kier molecular flexibility index (Phi) is 3.60. The lowest BCUT2D eigenvalue weighted by Gasteiger charge is -2.32. The lowest BCUT2D eigenvalue weighted by Crippen LogP contribution is -2.35. The van der Waals surface area contributed by atoms with Crippen LogP contribution in [-0.4, -0.2) is 33.3 Å². The van der Waals surface area contributed by atoms with Crippen LogP contribution in [0.5, 0.6) is 0 Å². The van der Waals surface area contributed by atoms with Crippen LogP contribution in [0.4, 0.5) is 5.82 Å². The quantitative estimate of drug-likeness (QED) is 0.877. The van der Waals surface area contributed by atoms with Crippen molar-refractivity contribution < 1.29 is 0 Å². The minimum absolute atomic E-state index is 0.240. The van der Waals surface area contributed by atoms with Crippen LogP contribution >= 0.6 is 15.9 Å². The number of aromatic nitrogens is 4. The van der Waals surface area contributed by atoms with Gasteiger partial charge >= 0.3 is 5.69 Å². The van der Waals surface area contributed by atoms with Gasteiger partial charge in [0.25, 0.3) is 0 Å². The van der Waals surface area contributed by atoms with Crippen molar-refractivity contribution >= 4 is 21.7 Å². The maximum Gasteiger partial charge on any atom is 0.340 e. The van der Waals surface area contributed by atoms with Gasteiger partial charge in [0.1, 0.15) is 11.6 Å². The molecule has 0 bridgehead atoms. The molecule has 20 heavy (non-hydrogen) atoms. The number of rotatable bonds is 2. The summed E-state index contributed by atoms with van der Waals surface area (Å²) in [4.78, 5) is 20.8. The summed E-state index contributed by atoms with van der Waals surface area (Å²) in [5, 5.41) is 6.49. The summed E-state index contributed by atoms with van der Waals surface area (Å²) in [6, 6.07) is 4.03. The van der Waals surface area contributed by atoms with Crippen LogP contribution in [0.1, 0.15) is 30.3 Å². The molecule has 1 atom stereocenters. The third kappa shape index (κ3) is 2.77. The Morgan fingerprint density at radius 1 is 1.45 bits per heavy atom. The first-order valence-corrected chi connectivity index (χ1v) is 7.45. The number of aromatic amines is 2. The highest BCUT2D eigenvalue weighted by atomic mass is 79.9. The fourth-order valence-electron chi connectivity index (χ4n) is 2.66. The molecule has 6 nitrogen and oxygen atoms in total. The van der Waals surface area contributed by atoms with E-state index in [1.54, 1.807) is 0 Å². The summed E-state index contributed by atoms with van der Waals surface area (Å²) in [6.07, 6.45) is 2.09. The van der Waals surface area contributed by atoms with E-state index >= 15 is 0 Å². The van der Waals surface area contributed by atoms with Gasteiger partial charge in [0.05, 0.1) is 0 Å². The zero-order valence-electron chi connectivity index (χ0n) is 11.2. The normalized spacial score (nSPS) is 19.3. The van der Waals surface area contributed by atoms with Crippen LogP contribution in [-0.2, 0) is 0 Å². The van der Waals surface area contributed by atoms with Gasteiger partial charge in [-0.15, -0.1) is 0 Å². The largest absolute Gasteiger partial charge is 0.356 e. The number of anilines is 1. The lowest BCUT2D eigenvalue weighted by atomic mass is 9.97. The Morgan fingerprint density at radius 3 is 3.00 bits per heavy atom. The monoisotopic (exact) mass is 337 g/mol. The molecule has 0 saturated carbocycles. The number of nitrogens with zero attached hydrogens (tertiary/aromatic N) is 3. The maximum atomic E-state index is 11.2.